The van der Waals surface area contributed by atoms with E-state index in [9.17, 15) is 9.59 Å². The van der Waals surface area contributed by atoms with Crippen molar-refractivity contribution in [1.82, 2.24) is 0 Å². The maximum absolute atomic E-state index is 12.3. The van der Waals surface area contributed by atoms with Gasteiger partial charge in [-0.1, -0.05) is 32.4 Å². The summed E-state index contributed by atoms with van der Waals surface area (Å²) >= 11 is 0. The molecule has 2 aromatic carbocycles. The lowest BCUT2D eigenvalue weighted by atomic mass is 9.98. The van der Waals surface area contributed by atoms with E-state index in [4.69, 9.17) is 9.47 Å². The molecule has 0 unspecified atom stereocenters. The van der Waals surface area contributed by atoms with Gasteiger partial charge in [-0.15, -0.1) is 0 Å². The number of nitrogens with one attached hydrogen (secondary N) is 1. The summed E-state index contributed by atoms with van der Waals surface area (Å²) in [5, 5.41) is 2.78. The van der Waals surface area contributed by atoms with Crippen molar-refractivity contribution in [1.29, 1.82) is 0 Å². The summed E-state index contributed by atoms with van der Waals surface area (Å²) in [6, 6.07) is 14.5. The van der Waals surface area contributed by atoms with Gasteiger partial charge in [0.25, 0.3) is 5.91 Å². The predicted octanol–water partition coefficient (Wildman–Crippen LogP) is 5.32. The van der Waals surface area contributed by atoms with Gasteiger partial charge in [0.15, 0.2) is 6.61 Å². The van der Waals surface area contributed by atoms with Crippen molar-refractivity contribution in [2.75, 3.05) is 11.9 Å². The van der Waals surface area contributed by atoms with Crippen LogP contribution in [0.1, 0.15) is 67.8 Å². The van der Waals surface area contributed by atoms with E-state index in [2.05, 4.69) is 19.2 Å². The average molecular weight is 395 g/mol. The zero-order valence-corrected chi connectivity index (χ0v) is 17.1. The molecule has 0 spiro atoms. The lowest BCUT2D eigenvalue weighted by Crippen LogP contribution is -2.21. The zero-order chi connectivity index (χ0) is 20.6. The summed E-state index contributed by atoms with van der Waals surface area (Å²) in [4.78, 5) is 24.4. The molecule has 0 aromatic heterocycles. The second kappa shape index (κ2) is 10.1. The molecule has 1 amide bonds. The molecule has 0 atom stereocenters. The SMILES string of the molecule is CC(C)c1cccc(OCC(=O)Nc2ccc(C(=O)OC3CCCCC3)cc2)c1. The Morgan fingerprint density at radius 2 is 1.76 bits per heavy atom. The lowest BCUT2D eigenvalue weighted by Gasteiger charge is -2.21. The normalized spacial score (nSPS) is 14.4. The van der Waals surface area contributed by atoms with Gasteiger partial charge < -0.3 is 14.8 Å². The largest absolute Gasteiger partial charge is 0.484 e. The van der Waals surface area contributed by atoms with Crippen molar-refractivity contribution in [3.05, 3.63) is 59.7 Å². The van der Waals surface area contributed by atoms with E-state index in [1.807, 2.05) is 24.3 Å². The molecular formula is C24H29NO4. The van der Waals surface area contributed by atoms with Crippen LogP contribution < -0.4 is 10.1 Å². The van der Waals surface area contributed by atoms with Gasteiger partial charge in [-0.05, 0) is 73.6 Å². The van der Waals surface area contributed by atoms with Crippen LogP contribution >= 0.6 is 0 Å². The van der Waals surface area contributed by atoms with Crippen molar-refractivity contribution in [2.45, 2.75) is 58.0 Å². The van der Waals surface area contributed by atoms with Crippen molar-refractivity contribution in [3.8, 4) is 5.75 Å². The van der Waals surface area contributed by atoms with Crippen molar-refractivity contribution in [2.24, 2.45) is 0 Å². The number of benzene rings is 2. The highest BCUT2D eigenvalue weighted by Gasteiger charge is 2.18. The molecule has 1 saturated carbocycles. The molecule has 29 heavy (non-hydrogen) atoms. The molecule has 1 fully saturated rings. The third kappa shape index (κ3) is 6.34. The Kier molecular flexibility index (Phi) is 7.28. The number of hydrogen-bond acceptors (Lipinski definition) is 4. The zero-order valence-electron chi connectivity index (χ0n) is 17.1. The molecule has 5 nitrogen and oxygen atoms in total. The molecular weight excluding hydrogens is 366 g/mol. The smallest absolute Gasteiger partial charge is 0.338 e. The van der Waals surface area contributed by atoms with Crippen LogP contribution in [0, 0.1) is 0 Å². The van der Waals surface area contributed by atoms with E-state index in [0.29, 0.717) is 22.9 Å². The Morgan fingerprint density at radius 3 is 2.45 bits per heavy atom. The van der Waals surface area contributed by atoms with Gasteiger partial charge in [0, 0.05) is 5.69 Å². The topological polar surface area (TPSA) is 64.6 Å². The molecule has 1 aliphatic carbocycles. The monoisotopic (exact) mass is 395 g/mol. The first-order valence-electron chi connectivity index (χ1n) is 10.3. The van der Waals surface area contributed by atoms with Crippen LogP contribution in [0.4, 0.5) is 5.69 Å². The number of carbonyl (C=O) groups excluding carboxylic acids is 2. The summed E-state index contributed by atoms with van der Waals surface area (Å²) in [7, 11) is 0. The second-order valence-corrected chi connectivity index (χ2v) is 7.81. The molecule has 0 bridgehead atoms. The molecule has 3 rings (SSSR count). The maximum atomic E-state index is 12.3. The third-order valence-corrected chi connectivity index (χ3v) is 5.12. The molecule has 0 heterocycles. The minimum Gasteiger partial charge on any atom is -0.484 e. The molecule has 1 N–H and O–H groups in total. The Balaban J connectivity index is 1.48. The molecule has 2 aromatic rings. The number of carbonyl (C=O) groups is 2. The Hall–Kier alpha value is -2.82. The Morgan fingerprint density at radius 1 is 1.03 bits per heavy atom. The standard InChI is InChI=1S/C24H29NO4/c1-17(2)19-7-6-10-22(15-19)28-16-23(26)25-20-13-11-18(12-14-20)24(27)29-21-8-4-3-5-9-21/h6-7,10-15,17,21H,3-5,8-9,16H2,1-2H3,(H,25,26). The highest BCUT2D eigenvalue weighted by Crippen LogP contribution is 2.22. The molecule has 0 radical (unpaired) electrons. The number of amides is 1. The fraction of sp³-hybridized carbons (Fsp3) is 0.417. The molecule has 0 aliphatic heterocycles. The van der Waals surface area contributed by atoms with Gasteiger partial charge in [-0.3, -0.25) is 4.79 Å². The summed E-state index contributed by atoms with van der Waals surface area (Å²) in [5.41, 5.74) is 2.28. The minimum absolute atomic E-state index is 0.0296. The number of rotatable bonds is 7. The van der Waals surface area contributed by atoms with Gasteiger partial charge in [0.05, 0.1) is 5.56 Å². The van der Waals surface area contributed by atoms with Crippen molar-refractivity contribution in [3.63, 3.8) is 0 Å². The second-order valence-electron chi connectivity index (χ2n) is 7.81. The first kappa shape index (κ1) is 20.9. The van der Waals surface area contributed by atoms with Gasteiger partial charge >= 0.3 is 5.97 Å². The van der Waals surface area contributed by atoms with Crippen molar-refractivity contribution < 1.29 is 19.1 Å². The van der Waals surface area contributed by atoms with E-state index in [1.54, 1.807) is 24.3 Å². The Bertz CT molecular complexity index is 823. The van der Waals surface area contributed by atoms with Gasteiger partial charge in [-0.2, -0.15) is 0 Å². The fourth-order valence-electron chi connectivity index (χ4n) is 3.40. The lowest BCUT2D eigenvalue weighted by molar-refractivity contribution is -0.118. The summed E-state index contributed by atoms with van der Waals surface area (Å²) in [5.74, 6) is 0.517. The first-order chi connectivity index (χ1) is 14.0. The van der Waals surface area contributed by atoms with Crippen LogP contribution in [0.25, 0.3) is 0 Å². The molecule has 0 saturated heterocycles. The average Bonchev–Trinajstić information content (AvgIpc) is 2.73. The molecule has 5 heteroatoms. The van der Waals surface area contributed by atoms with Crippen LogP contribution in [0.5, 0.6) is 5.75 Å². The van der Waals surface area contributed by atoms with Crippen LogP contribution in [-0.4, -0.2) is 24.6 Å². The van der Waals surface area contributed by atoms with E-state index >= 15 is 0 Å². The van der Waals surface area contributed by atoms with E-state index in [-0.39, 0.29) is 24.6 Å². The van der Waals surface area contributed by atoms with Crippen molar-refractivity contribution >= 4 is 17.6 Å². The highest BCUT2D eigenvalue weighted by molar-refractivity contribution is 5.93. The van der Waals surface area contributed by atoms with E-state index in [0.717, 1.165) is 25.7 Å². The Labute approximate surface area is 172 Å². The fourth-order valence-corrected chi connectivity index (χ4v) is 3.40. The molecule has 1 aliphatic rings. The minimum atomic E-state index is -0.303. The van der Waals surface area contributed by atoms with Crippen LogP contribution in [0.2, 0.25) is 0 Å². The van der Waals surface area contributed by atoms with Gasteiger partial charge in [-0.25, -0.2) is 4.79 Å². The summed E-state index contributed by atoms with van der Waals surface area (Å²) < 4.78 is 11.2. The number of hydrogen-bond donors (Lipinski definition) is 1. The highest BCUT2D eigenvalue weighted by atomic mass is 16.5. The maximum Gasteiger partial charge on any atom is 0.338 e. The predicted molar refractivity (Wildman–Crippen MR) is 113 cm³/mol. The first-order valence-corrected chi connectivity index (χ1v) is 10.3. The summed E-state index contributed by atoms with van der Waals surface area (Å²) in [6.45, 7) is 4.15. The third-order valence-electron chi connectivity index (χ3n) is 5.12. The van der Waals surface area contributed by atoms with Gasteiger partial charge in [0.1, 0.15) is 11.9 Å². The van der Waals surface area contributed by atoms with Gasteiger partial charge in [0.2, 0.25) is 0 Å². The number of anilines is 1. The van der Waals surface area contributed by atoms with Crippen LogP contribution in [-0.2, 0) is 9.53 Å². The number of ether oxygens (including phenoxy) is 2. The quantitative estimate of drug-likeness (QED) is 0.645. The van der Waals surface area contributed by atoms with E-state index in [1.165, 1.54) is 12.0 Å². The van der Waals surface area contributed by atoms with Crippen LogP contribution in [0.3, 0.4) is 0 Å². The number of esters is 1. The van der Waals surface area contributed by atoms with Crippen LogP contribution in [0.15, 0.2) is 48.5 Å². The van der Waals surface area contributed by atoms with E-state index < -0.39 is 0 Å². The summed E-state index contributed by atoms with van der Waals surface area (Å²) in [6.07, 6.45) is 5.37. The molecule has 154 valence electrons.